The van der Waals surface area contributed by atoms with Crippen molar-refractivity contribution >= 4 is 61.9 Å². The van der Waals surface area contributed by atoms with E-state index >= 15 is 0 Å². The molecule has 0 unspecified atom stereocenters. The summed E-state index contributed by atoms with van der Waals surface area (Å²) < 4.78 is 82.3. The molecule has 0 spiro atoms. The summed E-state index contributed by atoms with van der Waals surface area (Å²) in [5, 5.41) is 3.89. The molecule has 0 saturated heterocycles. The third-order valence-electron chi connectivity index (χ3n) is 5.32. The minimum atomic E-state index is -2.33. The third-order valence-corrected chi connectivity index (χ3v) is 6.63. The molecule has 0 atom stereocenters. The first-order valence-electron chi connectivity index (χ1n) is 10.4. The summed E-state index contributed by atoms with van der Waals surface area (Å²) in [6, 6.07) is 10.9. The lowest BCUT2D eigenvalue weighted by Gasteiger charge is -2.15. The number of halogens is 7. The van der Waals surface area contributed by atoms with Gasteiger partial charge in [-0.25, -0.2) is 22.0 Å². The number of carbonyl (C=O) groups is 1. The molecule has 0 N–H and O–H groups in total. The second-order valence-corrected chi connectivity index (χ2v) is 9.83. The van der Waals surface area contributed by atoms with E-state index in [0.29, 0.717) is 21.5 Å². The summed E-state index contributed by atoms with van der Waals surface area (Å²) in [6.07, 6.45) is 1.35. The van der Waals surface area contributed by atoms with E-state index in [1.807, 2.05) is 24.3 Å². The molecular weight excluding hydrogens is 678 g/mol. The molecule has 3 aromatic carbocycles. The topological polar surface area (TPSA) is 51.1 Å². The first-order valence-corrected chi connectivity index (χ1v) is 12.3. The summed E-state index contributed by atoms with van der Waals surface area (Å²) in [7, 11) is 1.43. The smallest absolute Gasteiger partial charge is 0.280 e. The van der Waals surface area contributed by atoms with Crippen molar-refractivity contribution in [3.05, 3.63) is 90.2 Å². The Morgan fingerprint density at radius 1 is 1.00 bits per heavy atom. The number of carbonyl (C=O) groups excluding carboxylic acids is 1. The van der Waals surface area contributed by atoms with Gasteiger partial charge in [-0.1, -0.05) is 12.1 Å². The van der Waals surface area contributed by atoms with Crippen LogP contribution in [0.4, 0.5) is 27.6 Å². The van der Waals surface area contributed by atoms with Gasteiger partial charge in [0.1, 0.15) is 12.3 Å². The molecule has 1 heterocycles. The first-order chi connectivity index (χ1) is 17.5. The molecule has 1 aliphatic rings. The zero-order valence-corrected chi connectivity index (χ0v) is 22.8. The number of benzene rings is 3. The van der Waals surface area contributed by atoms with Crippen LogP contribution in [0.5, 0.6) is 11.5 Å². The summed E-state index contributed by atoms with van der Waals surface area (Å²) in [6.45, 7) is 1.62. The van der Waals surface area contributed by atoms with Crippen LogP contribution in [0.25, 0.3) is 6.08 Å². The number of hydrazone groups is 1. The van der Waals surface area contributed by atoms with Crippen LogP contribution in [0, 0.1) is 32.7 Å². The van der Waals surface area contributed by atoms with Gasteiger partial charge in [-0.3, -0.25) is 4.79 Å². The quantitative estimate of drug-likeness (QED) is 0.0908. The van der Waals surface area contributed by atoms with Crippen molar-refractivity contribution in [1.82, 2.24) is 0 Å². The van der Waals surface area contributed by atoms with Gasteiger partial charge in [0.15, 0.2) is 34.8 Å². The molecule has 192 valence electrons. The fraction of sp³-hybridized carbons (Fsp3) is 0.120. The Balaban J connectivity index is 1.65. The van der Waals surface area contributed by atoms with Crippen LogP contribution < -0.4 is 14.5 Å². The van der Waals surface area contributed by atoms with E-state index in [4.69, 9.17) is 9.47 Å². The summed E-state index contributed by atoms with van der Waals surface area (Å²) in [5.74, 6) is -11.4. The number of amides is 1. The van der Waals surface area contributed by atoms with Crippen molar-refractivity contribution in [2.24, 2.45) is 5.10 Å². The van der Waals surface area contributed by atoms with Crippen LogP contribution >= 0.6 is 38.5 Å². The van der Waals surface area contributed by atoms with E-state index in [-0.39, 0.29) is 22.9 Å². The van der Waals surface area contributed by atoms with Crippen molar-refractivity contribution in [2.45, 2.75) is 13.5 Å². The van der Waals surface area contributed by atoms with Gasteiger partial charge in [0.05, 0.1) is 22.9 Å². The lowest BCUT2D eigenvalue weighted by atomic mass is 10.1. The predicted octanol–water partition coefficient (Wildman–Crippen LogP) is 7.14. The van der Waals surface area contributed by atoms with Gasteiger partial charge in [0.25, 0.3) is 5.91 Å². The van der Waals surface area contributed by atoms with Crippen molar-refractivity contribution in [3.8, 4) is 11.5 Å². The van der Waals surface area contributed by atoms with Crippen LogP contribution in [0.15, 0.2) is 51.5 Å². The Morgan fingerprint density at radius 2 is 1.59 bits per heavy atom. The molecular formula is C25H15BrF5IN2O3. The molecule has 0 aromatic heterocycles. The largest absolute Gasteiger partial charge is 0.493 e. The maximum atomic E-state index is 14.3. The molecule has 1 amide bonds. The Bertz CT molecular complexity index is 1450. The van der Waals surface area contributed by atoms with Crippen LogP contribution in [-0.4, -0.2) is 18.7 Å². The highest BCUT2D eigenvalue weighted by Gasteiger charge is 2.37. The van der Waals surface area contributed by atoms with Gasteiger partial charge in [0, 0.05) is 3.57 Å². The van der Waals surface area contributed by atoms with Gasteiger partial charge in [0.2, 0.25) is 5.82 Å². The highest BCUT2D eigenvalue weighted by molar-refractivity contribution is 14.1. The van der Waals surface area contributed by atoms with Crippen LogP contribution in [-0.2, 0) is 11.4 Å². The maximum Gasteiger partial charge on any atom is 0.280 e. The number of hydrogen-bond acceptors (Lipinski definition) is 4. The number of methoxy groups -OCH3 is 1. The lowest BCUT2D eigenvalue weighted by molar-refractivity contribution is -0.114. The Labute approximate surface area is 229 Å². The second kappa shape index (κ2) is 10.8. The normalized spacial score (nSPS) is 14.4. The molecule has 37 heavy (non-hydrogen) atoms. The van der Waals surface area contributed by atoms with Crippen LogP contribution in [0.1, 0.15) is 18.1 Å². The minimum Gasteiger partial charge on any atom is -0.493 e. The second-order valence-electron chi connectivity index (χ2n) is 7.73. The molecule has 4 rings (SSSR count). The third kappa shape index (κ3) is 5.21. The van der Waals surface area contributed by atoms with Crippen LogP contribution in [0.2, 0.25) is 0 Å². The fourth-order valence-electron chi connectivity index (χ4n) is 3.48. The van der Waals surface area contributed by atoms with Crippen LogP contribution in [0.3, 0.4) is 0 Å². The number of rotatable bonds is 6. The monoisotopic (exact) mass is 692 g/mol. The highest BCUT2D eigenvalue weighted by atomic mass is 127. The number of ether oxygens (including phenoxy) is 2. The Morgan fingerprint density at radius 3 is 2.19 bits per heavy atom. The summed E-state index contributed by atoms with van der Waals surface area (Å²) in [5.41, 5.74) is -0.226. The number of anilines is 1. The molecule has 0 bridgehead atoms. The standard InChI is InChI=1S/C25H15BrF5IN2O3/c1-11-15(25(35)34(33-11)23-21(30)19(28)18(27)20(29)22(23)31)7-13-8-16(26)24(17(9-13)36-2)37-10-12-3-5-14(32)6-4-12/h3-9H,10H2,1-2H3/b15-7+. The van der Waals surface area contributed by atoms with E-state index in [1.165, 1.54) is 20.1 Å². The lowest BCUT2D eigenvalue weighted by Crippen LogP contribution is -2.25. The summed E-state index contributed by atoms with van der Waals surface area (Å²) in [4.78, 5) is 12.9. The minimum absolute atomic E-state index is 0.00284. The zero-order chi connectivity index (χ0) is 27.0. The molecule has 0 fully saturated rings. The van der Waals surface area contributed by atoms with Crippen molar-refractivity contribution in [2.75, 3.05) is 12.1 Å². The van der Waals surface area contributed by atoms with E-state index in [1.54, 1.807) is 12.1 Å². The number of hydrogen-bond donors (Lipinski definition) is 0. The average Bonchev–Trinajstić information content (AvgIpc) is 3.14. The molecule has 5 nitrogen and oxygen atoms in total. The van der Waals surface area contributed by atoms with E-state index in [9.17, 15) is 26.7 Å². The fourth-order valence-corrected chi connectivity index (χ4v) is 4.41. The van der Waals surface area contributed by atoms with Crippen molar-refractivity contribution in [1.29, 1.82) is 0 Å². The predicted molar refractivity (Wildman–Crippen MR) is 139 cm³/mol. The first kappa shape index (κ1) is 27.0. The SMILES string of the molecule is COc1cc(/C=C2/C(=O)N(c3c(F)c(F)c(F)c(F)c3F)N=C2C)cc(Br)c1OCc1ccc(I)cc1. The van der Waals surface area contributed by atoms with E-state index < -0.39 is 40.7 Å². The van der Waals surface area contributed by atoms with Crippen molar-refractivity contribution < 1.29 is 36.2 Å². The number of nitrogens with zero attached hydrogens (tertiary/aromatic N) is 2. The molecule has 0 aliphatic carbocycles. The summed E-state index contributed by atoms with van der Waals surface area (Å²) >= 11 is 5.61. The zero-order valence-electron chi connectivity index (χ0n) is 19.0. The molecule has 12 heteroatoms. The van der Waals surface area contributed by atoms with Crippen molar-refractivity contribution in [3.63, 3.8) is 0 Å². The van der Waals surface area contributed by atoms with Gasteiger partial charge < -0.3 is 9.47 Å². The average molecular weight is 693 g/mol. The van der Waals surface area contributed by atoms with E-state index in [2.05, 4.69) is 43.6 Å². The van der Waals surface area contributed by atoms with Gasteiger partial charge in [-0.15, -0.1) is 0 Å². The maximum absolute atomic E-state index is 14.3. The molecule has 1 aliphatic heterocycles. The van der Waals surface area contributed by atoms with E-state index in [0.717, 1.165) is 9.13 Å². The molecule has 0 saturated carbocycles. The Hall–Kier alpha value is -3.00. The molecule has 0 radical (unpaired) electrons. The highest BCUT2D eigenvalue weighted by Crippen LogP contribution is 2.39. The molecule has 3 aromatic rings. The Kier molecular flexibility index (Phi) is 7.88. The van der Waals surface area contributed by atoms with Gasteiger partial charge in [-0.2, -0.15) is 10.1 Å². The van der Waals surface area contributed by atoms with Gasteiger partial charge >= 0.3 is 0 Å². The van der Waals surface area contributed by atoms with Gasteiger partial charge in [-0.05, 0) is 86.9 Å².